The molecule has 1 aromatic heterocycles. The zero-order valence-corrected chi connectivity index (χ0v) is 19.6. The third-order valence-electron chi connectivity index (χ3n) is 6.80. The number of para-hydroxylation sites is 2. The molecule has 1 saturated heterocycles. The van der Waals surface area contributed by atoms with Crippen molar-refractivity contribution in [1.82, 2.24) is 19.9 Å². The van der Waals surface area contributed by atoms with Crippen LogP contribution in [0.3, 0.4) is 0 Å². The summed E-state index contributed by atoms with van der Waals surface area (Å²) < 4.78 is 1.44. The minimum atomic E-state index is -0.821. The van der Waals surface area contributed by atoms with Gasteiger partial charge in [0.1, 0.15) is 5.66 Å². The van der Waals surface area contributed by atoms with Gasteiger partial charge in [-0.15, -0.1) is 0 Å². The molecule has 1 atom stereocenters. The van der Waals surface area contributed by atoms with E-state index in [-0.39, 0.29) is 42.2 Å². The largest absolute Gasteiger partial charge is 0.315 e. The molecule has 0 spiro atoms. The number of aromatic nitrogens is 2. The Bertz CT molecular complexity index is 1420. The Morgan fingerprint density at radius 3 is 2.63 bits per heavy atom. The molecule has 0 aliphatic carbocycles. The van der Waals surface area contributed by atoms with E-state index in [4.69, 9.17) is 0 Å². The molecule has 35 heavy (non-hydrogen) atoms. The second-order valence-corrected chi connectivity index (χ2v) is 8.85. The summed E-state index contributed by atoms with van der Waals surface area (Å²) in [6.45, 7) is 4.19. The molecule has 1 fully saturated rings. The average molecular weight is 475 g/mol. The van der Waals surface area contributed by atoms with Gasteiger partial charge < -0.3 is 4.90 Å². The fourth-order valence-corrected chi connectivity index (χ4v) is 5.00. The molecule has 2 aromatic carbocycles. The van der Waals surface area contributed by atoms with Crippen LogP contribution in [0, 0.1) is 0 Å². The van der Waals surface area contributed by atoms with Gasteiger partial charge in [0.15, 0.2) is 0 Å². The van der Waals surface area contributed by atoms with Gasteiger partial charge in [0, 0.05) is 25.9 Å². The molecule has 1 unspecified atom stereocenters. The summed E-state index contributed by atoms with van der Waals surface area (Å²) in [5.74, 6) is -0.387. The molecule has 10 nitrogen and oxygen atoms in total. The number of hydrogen-bond donors (Lipinski definition) is 2. The van der Waals surface area contributed by atoms with Gasteiger partial charge in [-0.2, -0.15) is 0 Å². The Labute approximate surface area is 201 Å². The number of hydrogen-bond acceptors (Lipinski definition) is 6. The lowest BCUT2D eigenvalue weighted by Crippen LogP contribution is -2.62. The number of nitrogens with one attached hydrogen (secondary N) is 2. The molecular weight excluding hydrogens is 448 g/mol. The fourth-order valence-electron chi connectivity index (χ4n) is 5.00. The first-order valence-electron chi connectivity index (χ1n) is 11.6. The third-order valence-corrected chi connectivity index (χ3v) is 6.80. The van der Waals surface area contributed by atoms with Crippen LogP contribution >= 0.6 is 0 Å². The maximum absolute atomic E-state index is 13.3. The lowest BCUT2D eigenvalue weighted by molar-refractivity contribution is -0.121. The zero-order chi connectivity index (χ0) is 24.7. The van der Waals surface area contributed by atoms with Crippen molar-refractivity contribution < 1.29 is 14.4 Å². The molecule has 3 heterocycles. The van der Waals surface area contributed by atoms with Gasteiger partial charge in [-0.1, -0.05) is 24.3 Å². The molecule has 2 aliphatic heterocycles. The maximum atomic E-state index is 13.3. The van der Waals surface area contributed by atoms with Crippen LogP contribution in [-0.4, -0.2) is 44.4 Å². The Balaban J connectivity index is 1.32. The second kappa shape index (κ2) is 8.53. The van der Waals surface area contributed by atoms with Gasteiger partial charge in [0.05, 0.1) is 22.2 Å². The molecule has 0 bridgehead atoms. The number of rotatable bonds is 6. The first kappa shape index (κ1) is 22.6. The number of anilines is 2. The van der Waals surface area contributed by atoms with Gasteiger partial charge in [-0.25, -0.2) is 4.98 Å². The summed E-state index contributed by atoms with van der Waals surface area (Å²) in [4.78, 5) is 59.2. The van der Waals surface area contributed by atoms with Gasteiger partial charge in [-0.05, 0) is 44.5 Å². The Morgan fingerprint density at radius 2 is 1.83 bits per heavy atom. The van der Waals surface area contributed by atoms with Crippen LogP contribution in [0.4, 0.5) is 11.6 Å². The van der Waals surface area contributed by atoms with Crippen LogP contribution < -0.4 is 21.3 Å². The number of hydrazine groups is 1. The number of carbonyl (C=O) groups excluding carboxylic acids is 3. The van der Waals surface area contributed by atoms with Crippen LogP contribution in [0.1, 0.15) is 43.5 Å². The van der Waals surface area contributed by atoms with Crippen molar-refractivity contribution in [3.8, 4) is 0 Å². The summed E-state index contributed by atoms with van der Waals surface area (Å²) in [6.07, 6.45) is 0.836. The molecule has 0 radical (unpaired) electrons. The SMILES string of the molecule is CCn1c(NNC(=O)CCN2C(=O)c3ccccc3N3C(=O)CCC23C)nc2ccccc2c1=O. The topological polar surface area (TPSA) is 117 Å². The van der Waals surface area contributed by atoms with E-state index in [1.807, 2.05) is 19.9 Å². The van der Waals surface area contributed by atoms with Crippen molar-refractivity contribution in [2.75, 3.05) is 16.9 Å². The molecule has 5 rings (SSSR count). The monoisotopic (exact) mass is 474 g/mol. The zero-order valence-electron chi connectivity index (χ0n) is 19.6. The van der Waals surface area contributed by atoms with Crippen LogP contribution in [0.5, 0.6) is 0 Å². The van der Waals surface area contributed by atoms with Crippen LogP contribution in [0.25, 0.3) is 10.9 Å². The summed E-state index contributed by atoms with van der Waals surface area (Å²) in [7, 11) is 0. The maximum Gasteiger partial charge on any atom is 0.262 e. The highest BCUT2D eigenvalue weighted by atomic mass is 16.2. The van der Waals surface area contributed by atoms with Gasteiger partial charge >= 0.3 is 0 Å². The Kier molecular flexibility index (Phi) is 5.50. The molecule has 2 aliphatic rings. The lowest BCUT2D eigenvalue weighted by atomic mass is 9.98. The minimum Gasteiger partial charge on any atom is -0.315 e. The third kappa shape index (κ3) is 3.61. The average Bonchev–Trinajstić information content (AvgIpc) is 3.17. The molecule has 3 amide bonds. The number of benzene rings is 2. The molecule has 2 N–H and O–H groups in total. The summed E-state index contributed by atoms with van der Waals surface area (Å²) in [5.41, 5.74) is 5.92. The van der Waals surface area contributed by atoms with E-state index in [0.29, 0.717) is 41.5 Å². The summed E-state index contributed by atoms with van der Waals surface area (Å²) in [6, 6.07) is 14.1. The smallest absolute Gasteiger partial charge is 0.262 e. The predicted molar refractivity (Wildman–Crippen MR) is 131 cm³/mol. The van der Waals surface area contributed by atoms with Crippen LogP contribution in [0.2, 0.25) is 0 Å². The lowest BCUT2D eigenvalue weighted by Gasteiger charge is -2.48. The van der Waals surface area contributed by atoms with Crippen LogP contribution in [-0.2, 0) is 16.1 Å². The van der Waals surface area contributed by atoms with Gasteiger partial charge in [0.25, 0.3) is 11.5 Å². The molecule has 3 aromatic rings. The van der Waals surface area contributed by atoms with E-state index in [0.717, 1.165) is 0 Å². The molecule has 0 saturated carbocycles. The van der Waals surface area contributed by atoms with Crippen molar-refractivity contribution in [2.45, 2.75) is 45.3 Å². The first-order chi connectivity index (χ1) is 16.8. The first-order valence-corrected chi connectivity index (χ1v) is 11.6. The number of amides is 3. The highest BCUT2D eigenvalue weighted by molar-refractivity contribution is 6.10. The van der Waals surface area contributed by atoms with E-state index < -0.39 is 5.66 Å². The van der Waals surface area contributed by atoms with Crippen LogP contribution in [0.15, 0.2) is 53.3 Å². The summed E-state index contributed by atoms with van der Waals surface area (Å²) >= 11 is 0. The molecule has 10 heteroatoms. The number of fused-ring (bicyclic) bond motifs is 4. The van der Waals surface area contributed by atoms with E-state index in [1.165, 1.54) is 4.57 Å². The normalized spacial score (nSPS) is 19.0. The van der Waals surface area contributed by atoms with E-state index in [1.54, 1.807) is 52.3 Å². The van der Waals surface area contributed by atoms with Gasteiger partial charge in [0.2, 0.25) is 17.8 Å². The summed E-state index contributed by atoms with van der Waals surface area (Å²) in [5, 5.41) is 0.499. The quantitative estimate of drug-likeness (QED) is 0.530. The predicted octanol–water partition coefficient (Wildman–Crippen LogP) is 2.25. The van der Waals surface area contributed by atoms with E-state index >= 15 is 0 Å². The Hall–Kier alpha value is -4.21. The van der Waals surface area contributed by atoms with E-state index in [9.17, 15) is 19.2 Å². The highest BCUT2D eigenvalue weighted by Crippen LogP contribution is 2.43. The minimum absolute atomic E-state index is 0.00245. The van der Waals surface area contributed by atoms with E-state index in [2.05, 4.69) is 15.8 Å². The molecular formula is C25H26N6O4. The second-order valence-electron chi connectivity index (χ2n) is 8.85. The Morgan fingerprint density at radius 1 is 1.09 bits per heavy atom. The van der Waals surface area contributed by atoms with Crippen molar-refractivity contribution in [3.05, 3.63) is 64.4 Å². The van der Waals surface area contributed by atoms with Crippen molar-refractivity contribution in [1.29, 1.82) is 0 Å². The van der Waals surface area contributed by atoms with Gasteiger partial charge in [-0.3, -0.25) is 39.5 Å². The fraction of sp³-hybridized carbons (Fsp3) is 0.320. The van der Waals surface area contributed by atoms with Crippen molar-refractivity contribution >= 4 is 40.3 Å². The number of nitrogens with zero attached hydrogens (tertiary/aromatic N) is 4. The standard InChI is InChI=1S/C25H26N6O4/c1-3-29-22(34)16-8-4-6-10-18(16)26-24(29)28-27-20(32)13-15-30-23(35)17-9-5-7-11-19(17)31-21(33)12-14-25(30,31)2/h4-11H,3,12-15H2,1-2H3,(H,26,28)(H,27,32). The van der Waals surface area contributed by atoms with Crippen molar-refractivity contribution in [3.63, 3.8) is 0 Å². The number of carbonyl (C=O) groups is 3. The van der Waals surface area contributed by atoms with Crippen molar-refractivity contribution in [2.24, 2.45) is 0 Å². The molecule has 180 valence electrons. The highest BCUT2D eigenvalue weighted by Gasteiger charge is 2.52.